The first-order valence-corrected chi connectivity index (χ1v) is 6.84. The zero-order valence-electron chi connectivity index (χ0n) is 12.2. The normalized spacial score (nSPS) is 11.0. The molecule has 21 heavy (non-hydrogen) atoms. The van der Waals surface area contributed by atoms with Crippen LogP contribution in [-0.4, -0.2) is 20.0 Å². The number of rotatable bonds is 2. The Labute approximate surface area is 122 Å². The van der Waals surface area contributed by atoms with Gasteiger partial charge in [0.05, 0.1) is 28.2 Å². The lowest BCUT2D eigenvalue weighted by molar-refractivity contribution is 0.756. The summed E-state index contributed by atoms with van der Waals surface area (Å²) in [5.74, 6) is 0.231. The molecule has 5 nitrogen and oxygen atoms in total. The fraction of sp³-hybridized carbons (Fsp3) is 0.250. The van der Waals surface area contributed by atoms with Crippen LogP contribution in [0.1, 0.15) is 36.7 Å². The summed E-state index contributed by atoms with van der Waals surface area (Å²) in [5.41, 5.74) is 4.78. The lowest BCUT2D eigenvalue weighted by atomic mass is 10.0. The Morgan fingerprint density at radius 3 is 2.71 bits per heavy atom. The van der Waals surface area contributed by atoms with Gasteiger partial charge in [-0.15, -0.1) is 5.10 Å². The zero-order valence-corrected chi connectivity index (χ0v) is 12.2. The number of pyridine rings is 1. The minimum Gasteiger partial charge on any atom is -0.254 e. The molecule has 0 radical (unpaired) electrons. The third-order valence-electron chi connectivity index (χ3n) is 3.47. The number of hydrogen-bond donors (Lipinski definition) is 0. The fourth-order valence-electron chi connectivity index (χ4n) is 2.37. The van der Waals surface area contributed by atoms with Gasteiger partial charge in [0, 0.05) is 0 Å². The van der Waals surface area contributed by atoms with Crippen LogP contribution in [0.2, 0.25) is 0 Å². The molecule has 0 saturated carbocycles. The molecule has 0 atom stereocenters. The minimum absolute atomic E-state index is 0.231. The van der Waals surface area contributed by atoms with E-state index in [0.717, 1.165) is 28.1 Å². The number of nitrogens with zero attached hydrogens (tertiary/aromatic N) is 5. The second kappa shape index (κ2) is 4.98. The largest absolute Gasteiger partial charge is 0.254 e. The second-order valence-corrected chi connectivity index (χ2v) is 5.28. The van der Waals surface area contributed by atoms with E-state index in [0.29, 0.717) is 5.56 Å². The average Bonchev–Trinajstić information content (AvgIpc) is 2.90. The van der Waals surface area contributed by atoms with E-state index < -0.39 is 0 Å². The van der Waals surface area contributed by atoms with Crippen molar-refractivity contribution in [3.8, 4) is 11.8 Å². The van der Waals surface area contributed by atoms with Crippen molar-refractivity contribution in [3.05, 3.63) is 47.3 Å². The number of benzene rings is 1. The molecule has 0 saturated heterocycles. The van der Waals surface area contributed by atoms with Gasteiger partial charge in [-0.2, -0.15) is 5.26 Å². The smallest absolute Gasteiger partial charge is 0.113 e. The van der Waals surface area contributed by atoms with Crippen LogP contribution in [0.3, 0.4) is 0 Å². The van der Waals surface area contributed by atoms with Crippen LogP contribution in [0.4, 0.5) is 0 Å². The van der Waals surface area contributed by atoms with Crippen LogP contribution in [0.25, 0.3) is 16.7 Å². The maximum absolute atomic E-state index is 9.25. The molecule has 1 aromatic carbocycles. The van der Waals surface area contributed by atoms with E-state index in [1.807, 2.05) is 37.3 Å². The molecule has 3 aromatic rings. The van der Waals surface area contributed by atoms with Gasteiger partial charge in [-0.05, 0) is 31.0 Å². The van der Waals surface area contributed by atoms with Crippen molar-refractivity contribution in [1.29, 1.82) is 5.26 Å². The Morgan fingerprint density at radius 1 is 1.24 bits per heavy atom. The van der Waals surface area contributed by atoms with E-state index in [2.05, 4.69) is 35.2 Å². The Morgan fingerprint density at radius 2 is 2.00 bits per heavy atom. The van der Waals surface area contributed by atoms with E-state index in [4.69, 9.17) is 0 Å². The molecule has 104 valence electrons. The van der Waals surface area contributed by atoms with Gasteiger partial charge < -0.3 is 0 Å². The van der Waals surface area contributed by atoms with Crippen LogP contribution >= 0.6 is 0 Å². The highest BCUT2D eigenvalue weighted by Gasteiger charge is 2.16. The predicted octanol–water partition coefficient (Wildman–Crippen LogP) is 3.12. The van der Waals surface area contributed by atoms with Gasteiger partial charge in [-0.1, -0.05) is 31.2 Å². The van der Waals surface area contributed by atoms with E-state index in [1.165, 1.54) is 0 Å². The predicted molar refractivity (Wildman–Crippen MR) is 80.2 cm³/mol. The van der Waals surface area contributed by atoms with Gasteiger partial charge in [-0.25, -0.2) is 4.68 Å². The first-order valence-electron chi connectivity index (χ1n) is 6.84. The Kier molecular flexibility index (Phi) is 3.15. The average molecular weight is 277 g/mol. The highest BCUT2D eigenvalue weighted by atomic mass is 15.4. The van der Waals surface area contributed by atoms with Crippen molar-refractivity contribution in [3.63, 3.8) is 0 Å². The topological polar surface area (TPSA) is 67.4 Å². The van der Waals surface area contributed by atoms with Crippen LogP contribution < -0.4 is 0 Å². The van der Waals surface area contributed by atoms with Gasteiger partial charge >= 0.3 is 0 Å². The lowest BCUT2D eigenvalue weighted by Gasteiger charge is -2.13. The first-order chi connectivity index (χ1) is 10.1. The molecule has 0 aliphatic rings. The maximum Gasteiger partial charge on any atom is 0.113 e. The van der Waals surface area contributed by atoms with Crippen molar-refractivity contribution in [2.75, 3.05) is 0 Å². The van der Waals surface area contributed by atoms with Crippen molar-refractivity contribution in [2.45, 2.75) is 26.7 Å². The molecule has 0 bridgehead atoms. The van der Waals surface area contributed by atoms with Gasteiger partial charge in [0.1, 0.15) is 11.6 Å². The van der Waals surface area contributed by atoms with Crippen LogP contribution in [-0.2, 0) is 0 Å². The molecule has 0 spiro atoms. The molecule has 0 N–H and O–H groups in total. The summed E-state index contributed by atoms with van der Waals surface area (Å²) >= 11 is 0. The number of para-hydroxylation sites is 1. The summed E-state index contributed by atoms with van der Waals surface area (Å²) in [5, 5.41) is 17.7. The fourth-order valence-corrected chi connectivity index (χ4v) is 2.37. The summed E-state index contributed by atoms with van der Waals surface area (Å²) in [6.07, 6.45) is 0. The number of fused-ring (bicyclic) bond motifs is 1. The van der Waals surface area contributed by atoms with Gasteiger partial charge in [-0.3, -0.25) is 4.98 Å². The van der Waals surface area contributed by atoms with E-state index in [1.54, 1.807) is 4.68 Å². The molecule has 0 fully saturated rings. The van der Waals surface area contributed by atoms with Crippen LogP contribution in [0.5, 0.6) is 0 Å². The third kappa shape index (κ3) is 2.15. The summed E-state index contributed by atoms with van der Waals surface area (Å²) in [4.78, 5) is 4.60. The summed E-state index contributed by atoms with van der Waals surface area (Å²) < 4.78 is 1.76. The monoisotopic (exact) mass is 277 g/mol. The van der Waals surface area contributed by atoms with Crippen molar-refractivity contribution in [2.24, 2.45) is 0 Å². The third-order valence-corrected chi connectivity index (χ3v) is 3.47. The Bertz CT molecular complexity index is 855. The minimum atomic E-state index is 0.231. The number of aryl methyl sites for hydroxylation is 1. The highest BCUT2D eigenvalue weighted by molar-refractivity contribution is 5.76. The lowest BCUT2D eigenvalue weighted by Crippen LogP contribution is -2.08. The van der Waals surface area contributed by atoms with Gasteiger partial charge in [0.15, 0.2) is 0 Å². The first kappa shape index (κ1) is 13.3. The molecule has 0 unspecified atom stereocenters. The van der Waals surface area contributed by atoms with Gasteiger partial charge in [0.2, 0.25) is 0 Å². The molecule has 0 aliphatic carbocycles. The Balaban J connectivity index is 2.33. The molecule has 2 heterocycles. The van der Waals surface area contributed by atoms with Crippen LogP contribution in [0.15, 0.2) is 30.3 Å². The van der Waals surface area contributed by atoms with E-state index in [9.17, 15) is 5.26 Å². The standard InChI is InChI=1S/C16H15N5/c1-10(2)16-15(8-12(9-17)11(3)18-16)21-14-7-5-4-6-13(14)19-20-21/h4-8,10H,1-3H3. The zero-order chi connectivity index (χ0) is 15.0. The number of nitriles is 1. The summed E-state index contributed by atoms with van der Waals surface area (Å²) in [6.45, 7) is 6.01. The number of hydrogen-bond acceptors (Lipinski definition) is 4. The molecule has 0 aliphatic heterocycles. The highest BCUT2D eigenvalue weighted by Crippen LogP contribution is 2.25. The van der Waals surface area contributed by atoms with Crippen molar-refractivity contribution in [1.82, 2.24) is 20.0 Å². The van der Waals surface area contributed by atoms with E-state index >= 15 is 0 Å². The summed E-state index contributed by atoms with van der Waals surface area (Å²) in [7, 11) is 0. The van der Waals surface area contributed by atoms with Crippen LogP contribution in [0, 0.1) is 18.3 Å². The van der Waals surface area contributed by atoms with Crippen molar-refractivity contribution < 1.29 is 0 Å². The number of aromatic nitrogens is 4. The Hall–Kier alpha value is -2.74. The van der Waals surface area contributed by atoms with E-state index in [-0.39, 0.29) is 5.92 Å². The molecule has 5 heteroatoms. The molecular weight excluding hydrogens is 262 g/mol. The second-order valence-electron chi connectivity index (χ2n) is 5.28. The quantitative estimate of drug-likeness (QED) is 0.721. The molecule has 3 rings (SSSR count). The van der Waals surface area contributed by atoms with Gasteiger partial charge in [0.25, 0.3) is 0 Å². The maximum atomic E-state index is 9.25. The molecule has 2 aromatic heterocycles. The summed E-state index contributed by atoms with van der Waals surface area (Å²) in [6, 6.07) is 11.8. The molecule has 0 amide bonds. The SMILES string of the molecule is Cc1nc(C(C)C)c(-n2nnc3ccccc32)cc1C#N. The molecular formula is C16H15N5. The van der Waals surface area contributed by atoms with Crippen molar-refractivity contribution >= 4 is 11.0 Å².